The Morgan fingerprint density at radius 2 is 1.90 bits per heavy atom. The maximum absolute atomic E-state index is 13.0. The van der Waals surface area contributed by atoms with E-state index in [1.54, 1.807) is 50.1 Å². The zero-order valence-corrected chi connectivity index (χ0v) is 16.9. The second-order valence-electron chi connectivity index (χ2n) is 6.58. The number of nitrogens with zero attached hydrogens (tertiary/aromatic N) is 3. The molecule has 0 radical (unpaired) electrons. The van der Waals surface area contributed by atoms with Crippen LogP contribution in [0.1, 0.15) is 27.2 Å². The van der Waals surface area contributed by atoms with Crippen LogP contribution in [0.3, 0.4) is 0 Å². The number of furan rings is 1. The van der Waals surface area contributed by atoms with Gasteiger partial charge in [0.1, 0.15) is 23.0 Å². The molecule has 0 bridgehead atoms. The Kier molecular flexibility index (Phi) is 5.93. The third-order valence-electron chi connectivity index (χ3n) is 4.76. The highest BCUT2D eigenvalue weighted by Crippen LogP contribution is 2.28. The van der Waals surface area contributed by atoms with E-state index in [0.29, 0.717) is 41.7 Å². The van der Waals surface area contributed by atoms with Crippen molar-refractivity contribution in [2.24, 2.45) is 0 Å². The number of rotatable bonds is 7. The van der Waals surface area contributed by atoms with Crippen LogP contribution in [0, 0.1) is 18.3 Å². The van der Waals surface area contributed by atoms with E-state index in [2.05, 4.69) is 6.07 Å². The van der Waals surface area contributed by atoms with Gasteiger partial charge >= 0.3 is 0 Å². The second-order valence-corrected chi connectivity index (χ2v) is 6.58. The minimum Gasteiger partial charge on any atom is -0.493 e. The third-order valence-corrected chi connectivity index (χ3v) is 4.76. The molecule has 2 heterocycles. The van der Waals surface area contributed by atoms with Crippen LogP contribution in [0.4, 0.5) is 0 Å². The predicted molar refractivity (Wildman–Crippen MR) is 108 cm³/mol. The molecule has 0 unspecified atom stereocenters. The quantitative estimate of drug-likeness (QED) is 0.613. The molecule has 0 atom stereocenters. The van der Waals surface area contributed by atoms with Gasteiger partial charge in [-0.2, -0.15) is 5.26 Å². The van der Waals surface area contributed by atoms with Crippen LogP contribution in [0.25, 0.3) is 5.88 Å². The van der Waals surface area contributed by atoms with Crippen LogP contribution in [-0.2, 0) is 6.42 Å². The fourth-order valence-corrected chi connectivity index (χ4v) is 3.17. The summed E-state index contributed by atoms with van der Waals surface area (Å²) < 4.78 is 18.0. The number of ether oxygens (including phenoxy) is 2. The first kappa shape index (κ1) is 20.1. The number of carbonyl (C=O) groups excluding carboxylic acids is 1. The largest absolute Gasteiger partial charge is 0.493 e. The number of benzene rings is 1. The molecule has 2 aromatic heterocycles. The van der Waals surface area contributed by atoms with Crippen molar-refractivity contribution in [2.45, 2.75) is 13.3 Å². The zero-order chi connectivity index (χ0) is 21.0. The van der Waals surface area contributed by atoms with Gasteiger partial charge in [0.15, 0.2) is 11.5 Å². The van der Waals surface area contributed by atoms with Crippen LogP contribution in [0.15, 0.2) is 47.1 Å². The van der Waals surface area contributed by atoms with E-state index >= 15 is 0 Å². The van der Waals surface area contributed by atoms with Crippen LogP contribution in [0.2, 0.25) is 0 Å². The van der Waals surface area contributed by atoms with Crippen molar-refractivity contribution in [3.63, 3.8) is 0 Å². The second kappa shape index (κ2) is 8.57. The van der Waals surface area contributed by atoms with Gasteiger partial charge in [0, 0.05) is 26.0 Å². The highest BCUT2D eigenvalue weighted by Gasteiger charge is 2.26. The number of amides is 1. The van der Waals surface area contributed by atoms with E-state index in [-0.39, 0.29) is 11.5 Å². The van der Waals surface area contributed by atoms with E-state index in [1.807, 2.05) is 30.3 Å². The first-order chi connectivity index (χ1) is 14.0. The number of nitriles is 1. The summed E-state index contributed by atoms with van der Waals surface area (Å²) in [5, 5.41) is 9.64. The Bertz CT molecular complexity index is 1040. The molecular weight excluding hydrogens is 370 g/mol. The Morgan fingerprint density at radius 3 is 2.52 bits per heavy atom. The fraction of sp³-hybridized carbons (Fsp3) is 0.273. The topological polar surface area (TPSA) is 80.6 Å². The molecule has 0 N–H and O–H groups in total. The molecule has 0 spiro atoms. The van der Waals surface area contributed by atoms with Gasteiger partial charge in [-0.3, -0.25) is 9.36 Å². The molecule has 1 amide bonds. The summed E-state index contributed by atoms with van der Waals surface area (Å²) in [7, 11) is 4.89. The van der Waals surface area contributed by atoms with Gasteiger partial charge in [0.25, 0.3) is 5.91 Å². The smallest absolute Gasteiger partial charge is 0.258 e. The molecule has 0 fully saturated rings. The van der Waals surface area contributed by atoms with E-state index < -0.39 is 0 Å². The number of hydrogen-bond acceptors (Lipinski definition) is 5. The van der Waals surface area contributed by atoms with Crippen LogP contribution in [-0.4, -0.2) is 43.2 Å². The zero-order valence-electron chi connectivity index (χ0n) is 16.9. The molecule has 0 aliphatic rings. The molecule has 3 rings (SSSR count). The SMILES string of the molecule is COc1ccc(CCN(C)C(=O)c2c(C)oc(-n3cccc3)c2C#N)cc1OC. The third kappa shape index (κ3) is 3.97. The first-order valence-corrected chi connectivity index (χ1v) is 9.13. The summed E-state index contributed by atoms with van der Waals surface area (Å²) in [5.74, 6) is 1.83. The summed E-state index contributed by atoms with van der Waals surface area (Å²) in [5.41, 5.74) is 1.55. The van der Waals surface area contributed by atoms with Crippen molar-refractivity contribution < 1.29 is 18.7 Å². The Labute approximate surface area is 169 Å². The molecule has 0 saturated carbocycles. The fourth-order valence-electron chi connectivity index (χ4n) is 3.17. The minimum atomic E-state index is -0.248. The molecule has 7 nitrogen and oxygen atoms in total. The Balaban J connectivity index is 1.78. The summed E-state index contributed by atoms with van der Waals surface area (Å²) >= 11 is 0. The molecule has 29 heavy (non-hydrogen) atoms. The van der Waals surface area contributed by atoms with Gasteiger partial charge in [0.05, 0.1) is 14.2 Å². The van der Waals surface area contributed by atoms with Gasteiger partial charge in [-0.25, -0.2) is 0 Å². The monoisotopic (exact) mass is 393 g/mol. The molecule has 3 aromatic rings. The van der Waals surface area contributed by atoms with Crippen LogP contribution < -0.4 is 9.47 Å². The highest BCUT2D eigenvalue weighted by molar-refractivity contribution is 5.98. The number of aromatic nitrogens is 1. The predicted octanol–water partition coefficient (Wildman–Crippen LogP) is 3.58. The van der Waals surface area contributed by atoms with Crippen LogP contribution >= 0.6 is 0 Å². The minimum absolute atomic E-state index is 0.238. The molecule has 150 valence electrons. The van der Waals surface area contributed by atoms with E-state index in [1.165, 1.54) is 0 Å². The summed E-state index contributed by atoms with van der Waals surface area (Å²) in [4.78, 5) is 14.6. The number of likely N-dealkylation sites (N-methyl/N-ethyl adjacent to an activating group) is 1. The lowest BCUT2D eigenvalue weighted by atomic mass is 10.1. The first-order valence-electron chi connectivity index (χ1n) is 9.13. The summed E-state index contributed by atoms with van der Waals surface area (Å²) in [6.07, 6.45) is 4.17. The summed E-state index contributed by atoms with van der Waals surface area (Å²) in [6.45, 7) is 2.17. The lowest BCUT2D eigenvalue weighted by molar-refractivity contribution is 0.0794. The lowest BCUT2D eigenvalue weighted by Crippen LogP contribution is -2.29. The molecule has 0 saturated heterocycles. The Morgan fingerprint density at radius 1 is 1.21 bits per heavy atom. The maximum atomic E-state index is 13.0. The molecule has 1 aromatic carbocycles. The average Bonchev–Trinajstić information content (AvgIpc) is 3.38. The number of aryl methyl sites for hydroxylation is 1. The number of methoxy groups -OCH3 is 2. The van der Waals surface area contributed by atoms with Crippen molar-refractivity contribution in [3.05, 3.63) is 65.2 Å². The highest BCUT2D eigenvalue weighted by atomic mass is 16.5. The normalized spacial score (nSPS) is 10.4. The van der Waals surface area contributed by atoms with Gasteiger partial charge in [-0.05, 0) is 43.2 Å². The van der Waals surface area contributed by atoms with E-state index in [0.717, 1.165) is 5.56 Å². The van der Waals surface area contributed by atoms with E-state index in [4.69, 9.17) is 13.9 Å². The van der Waals surface area contributed by atoms with Crippen molar-refractivity contribution in [2.75, 3.05) is 27.8 Å². The Hall–Kier alpha value is -3.66. The average molecular weight is 393 g/mol. The number of hydrogen-bond donors (Lipinski definition) is 0. The van der Waals surface area contributed by atoms with Gasteiger partial charge < -0.3 is 18.8 Å². The van der Waals surface area contributed by atoms with E-state index in [9.17, 15) is 10.1 Å². The molecule has 0 aliphatic carbocycles. The maximum Gasteiger partial charge on any atom is 0.258 e. The van der Waals surface area contributed by atoms with Crippen molar-refractivity contribution >= 4 is 5.91 Å². The number of carbonyl (C=O) groups is 1. The van der Waals surface area contributed by atoms with Gasteiger partial charge in [0.2, 0.25) is 5.88 Å². The summed E-state index contributed by atoms with van der Waals surface area (Å²) in [6, 6.07) is 11.4. The lowest BCUT2D eigenvalue weighted by Gasteiger charge is -2.17. The van der Waals surface area contributed by atoms with Crippen molar-refractivity contribution in [1.82, 2.24) is 9.47 Å². The van der Waals surface area contributed by atoms with Gasteiger partial charge in [-0.15, -0.1) is 0 Å². The van der Waals surface area contributed by atoms with Crippen molar-refractivity contribution in [1.29, 1.82) is 5.26 Å². The molecule has 7 heteroatoms. The van der Waals surface area contributed by atoms with Gasteiger partial charge in [-0.1, -0.05) is 6.07 Å². The standard InChI is InChI=1S/C22H23N3O4/c1-15-20(17(14-23)22(29-15)25-10-5-6-11-25)21(26)24(2)12-9-16-7-8-18(27-3)19(13-16)28-4/h5-8,10-11,13H,9,12H2,1-4H3. The van der Waals surface area contributed by atoms with Crippen molar-refractivity contribution in [3.8, 4) is 23.5 Å². The molecule has 0 aliphatic heterocycles. The molecular formula is C22H23N3O4. The van der Waals surface area contributed by atoms with Crippen LogP contribution in [0.5, 0.6) is 11.5 Å².